The first-order valence-electron chi connectivity index (χ1n) is 14.4. The van der Waals surface area contributed by atoms with E-state index in [1.54, 1.807) is 0 Å². The maximum absolute atomic E-state index is 12.6. The number of benzene rings is 1. The lowest BCUT2D eigenvalue weighted by Gasteiger charge is -2.08. The summed E-state index contributed by atoms with van der Waals surface area (Å²) in [5, 5.41) is 1.13. The maximum Gasteiger partial charge on any atom is 0.311 e. The Morgan fingerprint density at radius 2 is 1.20 bits per heavy atom. The van der Waals surface area contributed by atoms with Crippen molar-refractivity contribution >= 4 is 16.9 Å². The number of carbonyl (C=O) groups excluding carboxylic acids is 1. The van der Waals surface area contributed by atoms with E-state index in [1.807, 2.05) is 12.1 Å². The first kappa shape index (κ1) is 31.6. The summed E-state index contributed by atoms with van der Waals surface area (Å²) in [6, 6.07) is 10.3. The average Bonchev–Trinajstić information content (AvgIpc) is 2.85. The quantitative estimate of drug-likeness (QED) is 0.0867. The fourth-order valence-electron chi connectivity index (χ4n) is 4.74. The first-order valence-corrected chi connectivity index (χ1v) is 14.4. The van der Waals surface area contributed by atoms with E-state index in [-0.39, 0.29) is 23.0 Å². The lowest BCUT2D eigenvalue weighted by molar-refractivity contribution is -0.672. The molecule has 1 heterocycles. The Labute approximate surface area is 225 Å². The van der Waals surface area contributed by atoms with Crippen LogP contribution in [-0.2, 0) is 11.3 Å². The van der Waals surface area contributed by atoms with Crippen molar-refractivity contribution in [1.82, 2.24) is 0 Å². The number of rotatable bonds is 20. The van der Waals surface area contributed by atoms with E-state index >= 15 is 0 Å². The molecular formula is C31H50BrNO2. The summed E-state index contributed by atoms with van der Waals surface area (Å²) in [5.74, 6) is 0.608. The van der Waals surface area contributed by atoms with Crippen LogP contribution in [0, 0.1) is 0 Å². The van der Waals surface area contributed by atoms with Crippen molar-refractivity contribution in [2.45, 2.75) is 136 Å². The minimum atomic E-state index is -0.0991. The van der Waals surface area contributed by atoms with Gasteiger partial charge in [0.1, 0.15) is 6.54 Å². The molecule has 3 nitrogen and oxygen atoms in total. The van der Waals surface area contributed by atoms with Gasteiger partial charge in [0.05, 0.1) is 5.39 Å². The summed E-state index contributed by atoms with van der Waals surface area (Å²) in [6.45, 7) is 5.50. The highest BCUT2D eigenvalue weighted by Gasteiger charge is 2.17. The van der Waals surface area contributed by atoms with Crippen LogP contribution in [0.15, 0.2) is 36.5 Å². The lowest BCUT2D eigenvalue weighted by atomic mass is 10.1. The van der Waals surface area contributed by atoms with Crippen molar-refractivity contribution in [3.05, 3.63) is 36.5 Å². The summed E-state index contributed by atoms with van der Waals surface area (Å²) < 4.78 is 8.13. The van der Waals surface area contributed by atoms with Crippen molar-refractivity contribution in [3.63, 3.8) is 0 Å². The molecule has 2 aromatic rings. The Morgan fingerprint density at radius 3 is 1.80 bits per heavy atom. The number of esters is 1. The molecular weight excluding hydrogens is 498 g/mol. The Hall–Kier alpha value is -1.42. The summed E-state index contributed by atoms with van der Waals surface area (Å²) in [6.07, 6.45) is 24.4. The predicted molar refractivity (Wildman–Crippen MR) is 144 cm³/mol. The molecule has 0 N–H and O–H groups in total. The van der Waals surface area contributed by atoms with Crippen molar-refractivity contribution in [1.29, 1.82) is 0 Å². The molecule has 2 rings (SSSR count). The molecule has 0 bridgehead atoms. The summed E-state index contributed by atoms with van der Waals surface area (Å²) in [7, 11) is 0. The summed E-state index contributed by atoms with van der Waals surface area (Å²) >= 11 is 0. The largest absolute Gasteiger partial charge is 1.00 e. The summed E-state index contributed by atoms with van der Waals surface area (Å²) in [5.41, 5.74) is 1.05. The lowest BCUT2D eigenvalue weighted by Crippen LogP contribution is -3.00. The van der Waals surface area contributed by atoms with Crippen molar-refractivity contribution in [3.8, 4) is 5.75 Å². The minimum absolute atomic E-state index is 0. The second kappa shape index (κ2) is 20.7. The number of pyridine rings is 1. The molecule has 0 unspecified atom stereocenters. The number of fused-ring (bicyclic) bond motifs is 1. The van der Waals surface area contributed by atoms with Crippen LogP contribution in [0.5, 0.6) is 5.75 Å². The number of aryl methyl sites for hydroxylation is 1. The van der Waals surface area contributed by atoms with Crippen LogP contribution in [0.25, 0.3) is 10.9 Å². The average molecular weight is 549 g/mol. The zero-order valence-electron chi connectivity index (χ0n) is 22.5. The van der Waals surface area contributed by atoms with Crippen LogP contribution in [0.3, 0.4) is 0 Å². The fourth-order valence-corrected chi connectivity index (χ4v) is 4.74. The van der Waals surface area contributed by atoms with E-state index in [4.69, 9.17) is 4.74 Å². The normalized spacial score (nSPS) is 10.9. The van der Waals surface area contributed by atoms with Gasteiger partial charge in [-0.25, -0.2) is 0 Å². The molecule has 0 atom stereocenters. The van der Waals surface area contributed by atoms with Gasteiger partial charge in [0.25, 0.3) is 5.52 Å². The molecule has 35 heavy (non-hydrogen) atoms. The standard InChI is InChI=1S/C31H50NO2.BrH/c1-3-5-7-9-11-13-14-16-18-25-30(33)34-29-24-20-22-28-23-21-27-32(31(28)29)26-19-17-15-12-10-8-6-4-2;/h20-24,27H,3-19,25-26H2,1-2H3;1H/q+1;/p-1. The molecule has 0 spiro atoms. The number of ether oxygens (including phenoxy) is 1. The number of nitrogens with zero attached hydrogens (tertiary/aromatic N) is 1. The van der Waals surface area contributed by atoms with E-state index in [1.165, 1.54) is 89.9 Å². The van der Waals surface area contributed by atoms with Gasteiger partial charge in [-0.1, -0.05) is 110 Å². The van der Waals surface area contributed by atoms with E-state index < -0.39 is 0 Å². The monoisotopic (exact) mass is 547 g/mol. The Morgan fingerprint density at radius 1 is 0.686 bits per heavy atom. The first-order chi connectivity index (χ1) is 16.8. The Balaban J connectivity index is 0.00000612. The van der Waals surface area contributed by atoms with Crippen LogP contribution in [0.4, 0.5) is 0 Å². The van der Waals surface area contributed by atoms with E-state index in [2.05, 4.69) is 42.8 Å². The molecule has 0 fully saturated rings. The van der Waals surface area contributed by atoms with Crippen LogP contribution >= 0.6 is 0 Å². The van der Waals surface area contributed by atoms with Crippen LogP contribution < -0.4 is 26.3 Å². The van der Waals surface area contributed by atoms with Gasteiger partial charge in [-0.2, -0.15) is 4.57 Å². The molecule has 1 aromatic carbocycles. The van der Waals surface area contributed by atoms with Gasteiger partial charge >= 0.3 is 5.97 Å². The zero-order chi connectivity index (χ0) is 24.3. The number of hydrogen-bond donors (Lipinski definition) is 0. The van der Waals surface area contributed by atoms with E-state index in [0.717, 1.165) is 36.7 Å². The molecule has 0 amide bonds. The molecule has 0 radical (unpaired) electrons. The van der Waals surface area contributed by atoms with Crippen LogP contribution in [0.1, 0.15) is 129 Å². The second-order valence-corrected chi connectivity index (χ2v) is 9.92. The van der Waals surface area contributed by atoms with Gasteiger partial charge in [-0.15, -0.1) is 0 Å². The number of halogens is 1. The Kier molecular flexibility index (Phi) is 18.7. The second-order valence-electron chi connectivity index (χ2n) is 9.92. The predicted octanol–water partition coefficient (Wildman–Crippen LogP) is 6.10. The fraction of sp³-hybridized carbons (Fsp3) is 0.677. The van der Waals surface area contributed by atoms with Crippen molar-refractivity contribution < 1.29 is 31.1 Å². The highest BCUT2D eigenvalue weighted by Crippen LogP contribution is 2.23. The molecule has 0 aliphatic heterocycles. The number of carbonyl (C=O) groups is 1. The smallest absolute Gasteiger partial charge is 0.311 e. The van der Waals surface area contributed by atoms with Crippen molar-refractivity contribution in [2.75, 3.05) is 0 Å². The molecule has 1 aromatic heterocycles. The van der Waals surface area contributed by atoms with Gasteiger partial charge in [0.15, 0.2) is 6.20 Å². The number of hydrogen-bond acceptors (Lipinski definition) is 2. The van der Waals surface area contributed by atoms with Gasteiger partial charge in [0, 0.05) is 18.9 Å². The van der Waals surface area contributed by atoms with E-state index in [9.17, 15) is 4.79 Å². The topological polar surface area (TPSA) is 30.2 Å². The van der Waals surface area contributed by atoms with Gasteiger partial charge in [-0.3, -0.25) is 4.79 Å². The molecule has 0 saturated heterocycles. The molecule has 0 saturated carbocycles. The van der Waals surface area contributed by atoms with Gasteiger partial charge < -0.3 is 21.7 Å². The summed E-state index contributed by atoms with van der Waals surface area (Å²) in [4.78, 5) is 12.6. The SMILES string of the molecule is CCCCCCCCCCCC(=O)Oc1cccc2ccc[n+](CCCCCCCCCC)c12.[Br-]. The number of unbranched alkanes of at least 4 members (excludes halogenated alkanes) is 15. The molecule has 198 valence electrons. The van der Waals surface area contributed by atoms with Crippen molar-refractivity contribution in [2.24, 2.45) is 0 Å². The Bertz CT molecular complexity index is 802. The third-order valence-corrected chi connectivity index (χ3v) is 6.82. The van der Waals surface area contributed by atoms with Gasteiger partial charge in [0.2, 0.25) is 5.75 Å². The maximum atomic E-state index is 12.6. The highest BCUT2D eigenvalue weighted by atomic mass is 79.9. The van der Waals surface area contributed by atoms with Gasteiger partial charge in [-0.05, 0) is 31.0 Å². The number of aromatic nitrogens is 1. The number of para-hydroxylation sites is 1. The van der Waals surface area contributed by atoms with Crippen LogP contribution in [-0.4, -0.2) is 5.97 Å². The third-order valence-electron chi connectivity index (χ3n) is 6.82. The molecule has 0 aliphatic carbocycles. The molecule has 4 heteroatoms. The minimum Gasteiger partial charge on any atom is -1.00 e. The third kappa shape index (κ3) is 13.5. The molecule has 0 aliphatic rings. The zero-order valence-corrected chi connectivity index (χ0v) is 24.1. The van der Waals surface area contributed by atoms with Crippen LogP contribution in [0.2, 0.25) is 0 Å². The van der Waals surface area contributed by atoms with E-state index in [0.29, 0.717) is 12.2 Å². The highest BCUT2D eigenvalue weighted by molar-refractivity contribution is 5.84.